The third-order valence-electron chi connectivity index (χ3n) is 3.33. The molecule has 2 bridgehead atoms. The van der Waals surface area contributed by atoms with Gasteiger partial charge in [-0.3, -0.25) is 9.63 Å². The summed E-state index contributed by atoms with van der Waals surface area (Å²) in [6, 6.07) is 0.736. The van der Waals surface area contributed by atoms with Crippen LogP contribution in [0.2, 0.25) is 0 Å². The number of hydrogen-bond donors (Lipinski definition) is 1. The van der Waals surface area contributed by atoms with Gasteiger partial charge in [-0.15, -0.1) is 17.9 Å². The maximum Gasteiger partial charge on any atom is 0.345 e. The molecule has 3 heterocycles. The van der Waals surface area contributed by atoms with Gasteiger partial charge in [-0.1, -0.05) is 6.08 Å². The fraction of sp³-hybridized carbons (Fsp3) is 0.333. The first-order valence-electron chi connectivity index (χ1n) is 5.85. The predicted octanol–water partition coefficient (Wildman–Crippen LogP) is 1.18. The lowest BCUT2D eigenvalue weighted by atomic mass is 9.99. The highest BCUT2D eigenvalue weighted by atomic mass is 32.1. The molecule has 2 atom stereocenters. The molecule has 0 radical (unpaired) electrons. The molecule has 2 aliphatic rings. The van der Waals surface area contributed by atoms with Crippen molar-refractivity contribution in [3.63, 3.8) is 0 Å². The Morgan fingerprint density at radius 3 is 3.16 bits per heavy atom. The molecule has 0 saturated carbocycles. The molecule has 2 aliphatic heterocycles. The van der Waals surface area contributed by atoms with E-state index in [4.69, 9.17) is 10.6 Å². The molecule has 1 fully saturated rings. The first kappa shape index (κ1) is 12.2. The van der Waals surface area contributed by atoms with Crippen LogP contribution >= 0.6 is 11.3 Å². The van der Waals surface area contributed by atoms with Crippen molar-refractivity contribution in [2.75, 3.05) is 13.2 Å². The van der Waals surface area contributed by atoms with Crippen LogP contribution < -0.4 is 5.73 Å². The predicted molar refractivity (Wildman–Crippen MR) is 69.1 cm³/mol. The van der Waals surface area contributed by atoms with E-state index >= 15 is 0 Å². The van der Waals surface area contributed by atoms with E-state index in [9.17, 15) is 9.59 Å². The van der Waals surface area contributed by atoms with Gasteiger partial charge in [0, 0.05) is 4.88 Å². The quantitative estimate of drug-likeness (QED) is 0.841. The van der Waals surface area contributed by atoms with Gasteiger partial charge in [0.25, 0.3) is 0 Å². The molecule has 2 N–H and O–H groups in total. The smallest absolute Gasteiger partial charge is 0.345 e. The van der Waals surface area contributed by atoms with Crippen molar-refractivity contribution < 1.29 is 14.4 Å². The molecule has 0 aliphatic carbocycles. The molecule has 1 aromatic heterocycles. The van der Waals surface area contributed by atoms with Crippen molar-refractivity contribution in [2.45, 2.75) is 12.1 Å². The van der Waals surface area contributed by atoms with Crippen LogP contribution in [0.25, 0.3) is 0 Å². The third-order valence-corrected chi connectivity index (χ3v) is 4.32. The highest BCUT2D eigenvalue weighted by molar-refractivity contribution is 7.10. The van der Waals surface area contributed by atoms with E-state index in [1.54, 1.807) is 6.08 Å². The molecule has 19 heavy (non-hydrogen) atoms. The fourth-order valence-electron chi connectivity index (χ4n) is 2.57. The normalized spacial score (nSPS) is 24.5. The van der Waals surface area contributed by atoms with Gasteiger partial charge < -0.3 is 10.6 Å². The standard InChI is InChI=1S/C12H13N3O3S/c1-2-4-18-15-8-6-14(12(15)17)9(11(13)16)10-7(8)3-5-19-10/h2-3,5,8-9H,1,4,6H2,(H2,13,16)/t8-,9?/m1/s1. The lowest BCUT2D eigenvalue weighted by Crippen LogP contribution is -2.40. The van der Waals surface area contributed by atoms with Crippen LogP contribution in [0.3, 0.4) is 0 Å². The number of amides is 3. The molecular weight excluding hydrogens is 266 g/mol. The average Bonchev–Trinajstić information content (AvgIpc) is 2.94. The molecule has 3 rings (SSSR count). The number of carbonyl (C=O) groups is 2. The van der Waals surface area contributed by atoms with Crippen molar-refractivity contribution in [2.24, 2.45) is 5.73 Å². The minimum Gasteiger partial charge on any atom is -0.368 e. The number of thiophene rings is 1. The number of urea groups is 1. The minimum absolute atomic E-state index is 0.177. The molecule has 7 heteroatoms. The fourth-order valence-corrected chi connectivity index (χ4v) is 3.64. The first-order valence-corrected chi connectivity index (χ1v) is 6.73. The number of nitrogens with zero attached hydrogens (tertiary/aromatic N) is 2. The third kappa shape index (κ3) is 1.66. The summed E-state index contributed by atoms with van der Waals surface area (Å²) in [7, 11) is 0. The number of nitrogens with two attached hydrogens (primary N) is 1. The van der Waals surface area contributed by atoms with E-state index in [1.165, 1.54) is 21.3 Å². The number of hydrogen-bond acceptors (Lipinski definition) is 4. The van der Waals surface area contributed by atoms with Crippen LogP contribution in [0, 0.1) is 0 Å². The van der Waals surface area contributed by atoms with Gasteiger partial charge >= 0.3 is 6.03 Å². The Bertz CT molecular complexity index is 556. The summed E-state index contributed by atoms with van der Waals surface area (Å²) in [5.74, 6) is -0.513. The summed E-state index contributed by atoms with van der Waals surface area (Å²) in [4.78, 5) is 31.6. The van der Waals surface area contributed by atoms with E-state index in [1.807, 2.05) is 11.4 Å². The molecule has 3 amide bonds. The van der Waals surface area contributed by atoms with Gasteiger partial charge in [0.05, 0.1) is 13.2 Å². The minimum atomic E-state index is -0.684. The van der Waals surface area contributed by atoms with E-state index in [-0.39, 0.29) is 18.7 Å². The molecule has 6 nitrogen and oxygen atoms in total. The summed E-state index contributed by atoms with van der Waals surface area (Å²) in [5.41, 5.74) is 6.38. The van der Waals surface area contributed by atoms with Gasteiger partial charge in [0.15, 0.2) is 0 Å². The number of rotatable bonds is 4. The van der Waals surface area contributed by atoms with Crippen molar-refractivity contribution in [3.8, 4) is 0 Å². The zero-order valence-corrected chi connectivity index (χ0v) is 10.9. The number of carbonyl (C=O) groups excluding carboxylic acids is 2. The Labute approximate surface area is 114 Å². The van der Waals surface area contributed by atoms with Crippen LogP contribution in [0.4, 0.5) is 4.79 Å². The van der Waals surface area contributed by atoms with Crippen molar-refractivity contribution in [1.82, 2.24) is 9.96 Å². The lowest BCUT2D eigenvalue weighted by Gasteiger charge is -2.28. The van der Waals surface area contributed by atoms with Gasteiger partial charge in [-0.25, -0.2) is 4.79 Å². The van der Waals surface area contributed by atoms with Gasteiger partial charge in [0.1, 0.15) is 12.1 Å². The second-order valence-corrected chi connectivity index (χ2v) is 5.35. The Morgan fingerprint density at radius 2 is 2.47 bits per heavy atom. The topological polar surface area (TPSA) is 75.9 Å². The molecule has 1 saturated heterocycles. The number of primary amides is 1. The van der Waals surface area contributed by atoms with Gasteiger partial charge in [0.2, 0.25) is 5.91 Å². The largest absolute Gasteiger partial charge is 0.368 e. The highest BCUT2D eigenvalue weighted by Gasteiger charge is 2.50. The summed E-state index contributed by atoms with van der Waals surface area (Å²) >= 11 is 1.44. The second kappa shape index (κ2) is 4.36. The Morgan fingerprint density at radius 1 is 1.68 bits per heavy atom. The monoisotopic (exact) mass is 279 g/mol. The summed E-state index contributed by atoms with van der Waals surface area (Å²) in [5, 5.41) is 3.22. The van der Waals surface area contributed by atoms with Crippen LogP contribution in [0.15, 0.2) is 24.1 Å². The zero-order valence-electron chi connectivity index (χ0n) is 10.1. The molecule has 100 valence electrons. The van der Waals surface area contributed by atoms with Crippen molar-refractivity contribution in [3.05, 3.63) is 34.5 Å². The van der Waals surface area contributed by atoms with E-state index in [0.29, 0.717) is 6.54 Å². The van der Waals surface area contributed by atoms with Crippen LogP contribution in [-0.2, 0) is 9.63 Å². The van der Waals surface area contributed by atoms with Crippen molar-refractivity contribution in [1.29, 1.82) is 0 Å². The van der Waals surface area contributed by atoms with E-state index < -0.39 is 11.9 Å². The number of fused-ring (bicyclic) bond motifs is 4. The molecule has 0 aromatic carbocycles. The van der Waals surface area contributed by atoms with Gasteiger partial charge in [-0.2, -0.15) is 5.06 Å². The summed E-state index contributed by atoms with van der Waals surface area (Å²) in [6.45, 7) is 4.23. The molecule has 1 aromatic rings. The zero-order chi connectivity index (χ0) is 13.6. The Hall–Kier alpha value is -1.86. The van der Waals surface area contributed by atoms with Gasteiger partial charge in [-0.05, 0) is 17.0 Å². The SMILES string of the molecule is C=CCON1C(=O)N2C[C@@H]1c1ccsc1C2C(N)=O. The maximum absolute atomic E-state index is 12.3. The Balaban J connectivity index is 2.02. The highest BCUT2D eigenvalue weighted by Crippen LogP contribution is 2.45. The lowest BCUT2D eigenvalue weighted by molar-refractivity contribution is -0.122. The average molecular weight is 279 g/mol. The van der Waals surface area contributed by atoms with Crippen LogP contribution in [-0.4, -0.2) is 35.1 Å². The molecular formula is C12H13N3O3S. The Kier molecular flexibility index (Phi) is 2.79. The second-order valence-electron chi connectivity index (χ2n) is 4.41. The molecule has 0 spiro atoms. The molecule has 1 unspecified atom stereocenters. The van der Waals surface area contributed by atoms with Crippen LogP contribution in [0.5, 0.6) is 0 Å². The summed E-state index contributed by atoms with van der Waals surface area (Å²) in [6.07, 6.45) is 1.57. The summed E-state index contributed by atoms with van der Waals surface area (Å²) < 4.78 is 0. The number of hydroxylamine groups is 2. The van der Waals surface area contributed by atoms with Crippen molar-refractivity contribution >= 4 is 23.3 Å². The van der Waals surface area contributed by atoms with Crippen LogP contribution in [0.1, 0.15) is 22.5 Å². The van der Waals surface area contributed by atoms with E-state index in [2.05, 4.69) is 6.58 Å². The first-order chi connectivity index (χ1) is 9.15. The van der Waals surface area contributed by atoms with E-state index in [0.717, 1.165) is 10.4 Å². The maximum atomic E-state index is 12.3.